The van der Waals surface area contributed by atoms with Crippen molar-refractivity contribution in [3.8, 4) is 0 Å². The Morgan fingerprint density at radius 3 is 3.07 bits per heavy atom. The molecule has 15 heavy (non-hydrogen) atoms. The molecule has 0 spiro atoms. The van der Waals surface area contributed by atoms with Gasteiger partial charge in [0.05, 0.1) is 18.8 Å². The van der Waals surface area contributed by atoms with Gasteiger partial charge in [0.25, 0.3) is 0 Å². The van der Waals surface area contributed by atoms with E-state index in [1.807, 2.05) is 17.7 Å². The number of esters is 1. The molecule has 0 unspecified atom stereocenters. The van der Waals surface area contributed by atoms with Gasteiger partial charge in [0, 0.05) is 19.3 Å². The number of nitrogens with zero attached hydrogens (tertiary/aromatic N) is 2. The lowest BCUT2D eigenvalue weighted by Gasteiger charge is -2.06. The first-order valence-corrected chi connectivity index (χ1v) is 5.15. The van der Waals surface area contributed by atoms with E-state index in [1.165, 1.54) is 0 Å². The molecule has 0 aromatic carbocycles. The van der Waals surface area contributed by atoms with Crippen molar-refractivity contribution in [1.82, 2.24) is 15.1 Å². The predicted molar refractivity (Wildman–Crippen MR) is 56.2 cm³/mol. The maximum atomic E-state index is 11.0. The second-order valence-corrected chi connectivity index (χ2v) is 3.05. The summed E-state index contributed by atoms with van der Waals surface area (Å²) in [5.74, 6) is -0.222. The number of rotatable bonds is 6. The number of aryl methyl sites for hydroxylation is 1. The van der Waals surface area contributed by atoms with Gasteiger partial charge in [0.1, 0.15) is 0 Å². The van der Waals surface area contributed by atoms with Crippen LogP contribution in [0.1, 0.15) is 19.5 Å². The van der Waals surface area contributed by atoms with Crippen molar-refractivity contribution in [1.29, 1.82) is 0 Å². The molecule has 0 aliphatic heterocycles. The third-order valence-electron chi connectivity index (χ3n) is 1.98. The lowest BCUT2D eigenvalue weighted by molar-refractivity contribution is -0.142. The summed E-state index contributed by atoms with van der Waals surface area (Å²) in [6, 6.07) is 1.93. The number of carbonyl (C=O) groups excluding carboxylic acids is 1. The minimum Gasteiger partial charge on any atom is -0.465 e. The van der Waals surface area contributed by atoms with Crippen LogP contribution in [-0.4, -0.2) is 28.9 Å². The molecule has 1 heterocycles. The van der Waals surface area contributed by atoms with Gasteiger partial charge < -0.3 is 10.1 Å². The number of ether oxygens (including phenoxy) is 1. The monoisotopic (exact) mass is 211 g/mol. The molecule has 5 nitrogen and oxygen atoms in total. The van der Waals surface area contributed by atoms with Crippen LogP contribution in [-0.2, 0) is 22.6 Å². The van der Waals surface area contributed by atoms with E-state index < -0.39 is 0 Å². The third kappa shape index (κ3) is 3.71. The van der Waals surface area contributed by atoms with E-state index in [4.69, 9.17) is 4.74 Å². The summed E-state index contributed by atoms with van der Waals surface area (Å²) in [6.07, 6.45) is 1.75. The van der Waals surface area contributed by atoms with Crippen molar-refractivity contribution < 1.29 is 9.53 Å². The molecule has 1 N–H and O–H groups in total. The molecule has 0 aliphatic carbocycles. The standard InChI is InChI=1S/C10H17N3O2/c1-3-13-9(5-6-12-13)7-11-8-10(14)15-4-2/h5-6,11H,3-4,7-8H2,1-2H3. The van der Waals surface area contributed by atoms with Gasteiger partial charge in [-0.25, -0.2) is 0 Å². The zero-order chi connectivity index (χ0) is 11.1. The number of hydrogen-bond acceptors (Lipinski definition) is 4. The Labute approximate surface area is 89.4 Å². The lowest BCUT2D eigenvalue weighted by Crippen LogP contribution is -2.25. The molecule has 1 aromatic heterocycles. The number of nitrogens with one attached hydrogen (secondary N) is 1. The highest BCUT2D eigenvalue weighted by Gasteiger charge is 2.03. The second-order valence-electron chi connectivity index (χ2n) is 3.05. The number of hydrogen-bond donors (Lipinski definition) is 1. The van der Waals surface area contributed by atoms with Crippen LogP contribution in [0.15, 0.2) is 12.3 Å². The first kappa shape index (κ1) is 11.7. The average molecular weight is 211 g/mol. The van der Waals surface area contributed by atoms with Crippen LogP contribution < -0.4 is 5.32 Å². The van der Waals surface area contributed by atoms with Crippen molar-refractivity contribution in [2.75, 3.05) is 13.2 Å². The molecule has 0 fully saturated rings. The number of carbonyl (C=O) groups is 1. The molecular formula is C10H17N3O2. The summed E-state index contributed by atoms with van der Waals surface area (Å²) >= 11 is 0. The van der Waals surface area contributed by atoms with E-state index in [9.17, 15) is 4.79 Å². The maximum absolute atomic E-state index is 11.0. The second kappa shape index (κ2) is 6.19. The minimum absolute atomic E-state index is 0.222. The molecule has 0 amide bonds. The van der Waals surface area contributed by atoms with Crippen LogP contribution >= 0.6 is 0 Å². The summed E-state index contributed by atoms with van der Waals surface area (Å²) in [4.78, 5) is 11.0. The van der Waals surface area contributed by atoms with E-state index in [0.29, 0.717) is 13.2 Å². The van der Waals surface area contributed by atoms with Crippen LogP contribution in [0.25, 0.3) is 0 Å². The molecule has 0 saturated heterocycles. The van der Waals surface area contributed by atoms with Gasteiger partial charge in [-0.3, -0.25) is 9.48 Å². The fraction of sp³-hybridized carbons (Fsp3) is 0.600. The SMILES string of the molecule is CCOC(=O)CNCc1ccnn1CC. The highest BCUT2D eigenvalue weighted by molar-refractivity contribution is 5.71. The minimum atomic E-state index is -0.222. The summed E-state index contributed by atoms with van der Waals surface area (Å²) in [7, 11) is 0. The van der Waals surface area contributed by atoms with E-state index in [-0.39, 0.29) is 12.5 Å². The predicted octanol–water partition coefficient (Wildman–Crippen LogP) is 0.556. The fourth-order valence-corrected chi connectivity index (χ4v) is 1.30. The number of aromatic nitrogens is 2. The maximum Gasteiger partial charge on any atom is 0.319 e. The van der Waals surface area contributed by atoms with E-state index in [1.54, 1.807) is 13.1 Å². The zero-order valence-electron chi connectivity index (χ0n) is 9.19. The summed E-state index contributed by atoms with van der Waals surface area (Å²) in [5.41, 5.74) is 1.07. The van der Waals surface area contributed by atoms with Gasteiger partial charge in [0.2, 0.25) is 0 Å². The van der Waals surface area contributed by atoms with Gasteiger partial charge >= 0.3 is 5.97 Å². The van der Waals surface area contributed by atoms with Crippen LogP contribution in [0, 0.1) is 0 Å². The molecule has 0 saturated carbocycles. The molecule has 0 aliphatic rings. The van der Waals surface area contributed by atoms with Gasteiger partial charge in [-0.05, 0) is 19.9 Å². The molecule has 5 heteroatoms. The average Bonchev–Trinajstić information content (AvgIpc) is 2.66. The summed E-state index contributed by atoms with van der Waals surface area (Å²) < 4.78 is 6.68. The van der Waals surface area contributed by atoms with E-state index in [2.05, 4.69) is 10.4 Å². The molecule has 1 rings (SSSR count). The highest BCUT2D eigenvalue weighted by Crippen LogP contribution is 1.97. The van der Waals surface area contributed by atoms with Gasteiger partial charge in [-0.1, -0.05) is 0 Å². The summed E-state index contributed by atoms with van der Waals surface area (Å²) in [6.45, 7) is 5.96. The first-order chi connectivity index (χ1) is 7.27. The topological polar surface area (TPSA) is 56.1 Å². The normalized spacial score (nSPS) is 10.3. The molecular weight excluding hydrogens is 194 g/mol. The molecule has 0 radical (unpaired) electrons. The molecule has 0 bridgehead atoms. The highest BCUT2D eigenvalue weighted by atomic mass is 16.5. The Hall–Kier alpha value is -1.36. The van der Waals surface area contributed by atoms with Crippen LogP contribution in [0.2, 0.25) is 0 Å². The first-order valence-electron chi connectivity index (χ1n) is 5.15. The van der Waals surface area contributed by atoms with E-state index >= 15 is 0 Å². The van der Waals surface area contributed by atoms with Crippen LogP contribution in [0.4, 0.5) is 0 Å². The zero-order valence-corrected chi connectivity index (χ0v) is 9.19. The molecule has 1 aromatic rings. The Morgan fingerprint density at radius 2 is 2.40 bits per heavy atom. The van der Waals surface area contributed by atoms with Crippen molar-refractivity contribution in [2.24, 2.45) is 0 Å². The van der Waals surface area contributed by atoms with Crippen LogP contribution in [0.5, 0.6) is 0 Å². The molecule has 0 atom stereocenters. The van der Waals surface area contributed by atoms with E-state index in [0.717, 1.165) is 12.2 Å². The van der Waals surface area contributed by atoms with Gasteiger partial charge in [-0.2, -0.15) is 5.10 Å². The quantitative estimate of drug-likeness (QED) is 0.698. The Bertz CT molecular complexity index is 309. The lowest BCUT2D eigenvalue weighted by atomic mass is 10.4. The van der Waals surface area contributed by atoms with Gasteiger partial charge in [0.15, 0.2) is 0 Å². The smallest absolute Gasteiger partial charge is 0.319 e. The van der Waals surface area contributed by atoms with Gasteiger partial charge in [-0.15, -0.1) is 0 Å². The van der Waals surface area contributed by atoms with Crippen molar-refractivity contribution in [3.63, 3.8) is 0 Å². The molecule has 84 valence electrons. The van der Waals surface area contributed by atoms with Crippen LogP contribution in [0.3, 0.4) is 0 Å². The Kier molecular flexibility index (Phi) is 4.83. The van der Waals surface area contributed by atoms with Crippen molar-refractivity contribution >= 4 is 5.97 Å². The fourth-order valence-electron chi connectivity index (χ4n) is 1.30. The Balaban J connectivity index is 2.28. The summed E-state index contributed by atoms with van der Waals surface area (Å²) in [5, 5.41) is 7.14. The third-order valence-corrected chi connectivity index (χ3v) is 1.98. The largest absolute Gasteiger partial charge is 0.465 e. The Morgan fingerprint density at radius 1 is 1.60 bits per heavy atom. The van der Waals surface area contributed by atoms with Crippen molar-refractivity contribution in [2.45, 2.75) is 26.9 Å². The van der Waals surface area contributed by atoms with Crippen molar-refractivity contribution in [3.05, 3.63) is 18.0 Å².